The molecule has 0 spiro atoms. The first kappa shape index (κ1) is 13.6. The Morgan fingerprint density at radius 3 is 2.45 bits per heavy atom. The Hall–Kier alpha value is -1.38. The van der Waals surface area contributed by atoms with E-state index in [9.17, 15) is 4.39 Å². The summed E-state index contributed by atoms with van der Waals surface area (Å²) in [5, 5.41) is 3.59. The molecule has 0 amide bonds. The van der Waals surface area contributed by atoms with Gasteiger partial charge >= 0.3 is 0 Å². The molecule has 0 aromatic heterocycles. The molecule has 0 radical (unpaired) electrons. The first-order valence-electron chi connectivity index (χ1n) is 6.81. The van der Waals surface area contributed by atoms with Gasteiger partial charge in [-0.3, -0.25) is 0 Å². The van der Waals surface area contributed by atoms with Crippen LogP contribution in [0, 0.1) is 12.7 Å². The van der Waals surface area contributed by atoms with Crippen molar-refractivity contribution < 1.29 is 4.39 Å². The van der Waals surface area contributed by atoms with Crippen molar-refractivity contribution in [2.75, 3.05) is 13.1 Å². The smallest absolute Gasteiger partial charge is 0.142 e. The molecule has 1 fully saturated rings. The van der Waals surface area contributed by atoms with Crippen molar-refractivity contribution in [3.8, 4) is 0 Å². The van der Waals surface area contributed by atoms with Crippen molar-refractivity contribution in [1.29, 1.82) is 0 Å². The summed E-state index contributed by atoms with van der Waals surface area (Å²) in [6.45, 7) is 3.89. The molecule has 0 aliphatic carbocycles. The normalized spacial score (nSPS) is 16.8. The Morgan fingerprint density at radius 1 is 1.15 bits per heavy atom. The lowest BCUT2D eigenvalue weighted by Gasteiger charge is -2.43. The summed E-state index contributed by atoms with van der Waals surface area (Å²) in [5.41, 5.74) is 3.46. The van der Waals surface area contributed by atoms with Crippen LogP contribution in [0.25, 0.3) is 0 Å². The summed E-state index contributed by atoms with van der Waals surface area (Å²) >= 11 is 6.10. The standard InChI is InChI=1S/C17H17ClFN/c1-12-5-7-14(8-6-12)17(10-20-11-17)9-13-3-2-4-15(19)16(13)18/h2-8,20H,9-11H2,1H3. The maximum absolute atomic E-state index is 13.6. The third kappa shape index (κ3) is 2.34. The number of halogens is 2. The second-order valence-electron chi connectivity index (χ2n) is 5.64. The SMILES string of the molecule is Cc1ccc(C2(Cc3cccc(F)c3Cl)CNC2)cc1. The third-order valence-electron chi connectivity index (χ3n) is 4.15. The monoisotopic (exact) mass is 289 g/mol. The maximum Gasteiger partial charge on any atom is 0.142 e. The van der Waals surface area contributed by atoms with Crippen LogP contribution in [0.5, 0.6) is 0 Å². The highest BCUT2D eigenvalue weighted by atomic mass is 35.5. The van der Waals surface area contributed by atoms with Crippen LogP contribution in [0.4, 0.5) is 4.39 Å². The summed E-state index contributed by atoms with van der Waals surface area (Å²) in [5.74, 6) is -0.337. The number of aryl methyl sites for hydroxylation is 1. The predicted molar refractivity (Wildman–Crippen MR) is 80.8 cm³/mol. The molecular weight excluding hydrogens is 273 g/mol. The van der Waals surface area contributed by atoms with Gasteiger partial charge in [-0.2, -0.15) is 0 Å². The molecule has 1 heterocycles. The van der Waals surface area contributed by atoms with E-state index in [0.29, 0.717) is 0 Å². The fourth-order valence-corrected chi connectivity index (χ4v) is 3.01. The van der Waals surface area contributed by atoms with Crippen LogP contribution in [-0.2, 0) is 11.8 Å². The topological polar surface area (TPSA) is 12.0 Å². The molecule has 1 saturated heterocycles. The minimum absolute atomic E-state index is 0.0329. The quantitative estimate of drug-likeness (QED) is 0.904. The van der Waals surface area contributed by atoms with Crippen LogP contribution < -0.4 is 5.32 Å². The van der Waals surface area contributed by atoms with Crippen molar-refractivity contribution in [1.82, 2.24) is 5.32 Å². The van der Waals surface area contributed by atoms with Gasteiger partial charge in [0.2, 0.25) is 0 Å². The first-order chi connectivity index (χ1) is 9.61. The lowest BCUT2D eigenvalue weighted by Crippen LogP contribution is -2.58. The largest absolute Gasteiger partial charge is 0.315 e. The second-order valence-corrected chi connectivity index (χ2v) is 6.02. The average Bonchev–Trinajstić information content (AvgIpc) is 2.40. The van der Waals surface area contributed by atoms with Crippen LogP contribution in [0.3, 0.4) is 0 Å². The van der Waals surface area contributed by atoms with E-state index in [0.717, 1.165) is 25.1 Å². The molecule has 2 aromatic rings. The molecule has 1 N–H and O–H groups in total. The van der Waals surface area contributed by atoms with Crippen LogP contribution in [-0.4, -0.2) is 13.1 Å². The van der Waals surface area contributed by atoms with Gasteiger partial charge in [0.05, 0.1) is 5.02 Å². The minimum atomic E-state index is -0.337. The second kappa shape index (κ2) is 5.19. The number of rotatable bonds is 3. The number of benzene rings is 2. The van der Waals surface area contributed by atoms with Gasteiger partial charge in [-0.25, -0.2) is 4.39 Å². The zero-order valence-electron chi connectivity index (χ0n) is 11.4. The third-order valence-corrected chi connectivity index (χ3v) is 4.57. The lowest BCUT2D eigenvalue weighted by molar-refractivity contribution is 0.274. The van der Waals surface area contributed by atoms with Crippen molar-refractivity contribution in [3.63, 3.8) is 0 Å². The van der Waals surface area contributed by atoms with E-state index < -0.39 is 0 Å². The minimum Gasteiger partial charge on any atom is -0.315 e. The number of nitrogens with one attached hydrogen (secondary N) is 1. The molecule has 0 atom stereocenters. The summed E-state index contributed by atoms with van der Waals surface area (Å²) in [6.07, 6.45) is 0.764. The van der Waals surface area contributed by atoms with Gasteiger partial charge in [-0.1, -0.05) is 53.6 Å². The van der Waals surface area contributed by atoms with Crippen LogP contribution in [0.15, 0.2) is 42.5 Å². The van der Waals surface area contributed by atoms with E-state index in [1.54, 1.807) is 6.07 Å². The molecule has 0 unspecified atom stereocenters. The van der Waals surface area contributed by atoms with Gasteiger partial charge in [0.25, 0.3) is 0 Å². The molecule has 20 heavy (non-hydrogen) atoms. The van der Waals surface area contributed by atoms with Crippen LogP contribution >= 0.6 is 11.6 Å². The van der Waals surface area contributed by atoms with Crippen LogP contribution in [0.2, 0.25) is 5.02 Å². The van der Waals surface area contributed by atoms with Gasteiger partial charge in [-0.05, 0) is 30.5 Å². The molecule has 1 aliphatic heterocycles. The highest BCUT2D eigenvalue weighted by molar-refractivity contribution is 6.31. The van der Waals surface area contributed by atoms with E-state index in [1.807, 2.05) is 6.07 Å². The molecule has 3 heteroatoms. The zero-order chi connectivity index (χ0) is 14.2. The van der Waals surface area contributed by atoms with Gasteiger partial charge in [-0.15, -0.1) is 0 Å². The fourth-order valence-electron chi connectivity index (χ4n) is 2.81. The highest BCUT2D eigenvalue weighted by Gasteiger charge is 2.39. The van der Waals surface area contributed by atoms with E-state index in [-0.39, 0.29) is 16.3 Å². The van der Waals surface area contributed by atoms with Crippen molar-refractivity contribution in [2.45, 2.75) is 18.8 Å². The first-order valence-corrected chi connectivity index (χ1v) is 7.19. The van der Waals surface area contributed by atoms with E-state index in [4.69, 9.17) is 11.6 Å². The molecular formula is C17H17ClFN. The van der Waals surface area contributed by atoms with E-state index in [1.165, 1.54) is 17.2 Å². The Balaban J connectivity index is 1.94. The van der Waals surface area contributed by atoms with Gasteiger partial charge < -0.3 is 5.32 Å². The van der Waals surface area contributed by atoms with Gasteiger partial charge in [0, 0.05) is 18.5 Å². The molecule has 0 bridgehead atoms. The Labute approximate surface area is 123 Å². The Morgan fingerprint density at radius 2 is 1.85 bits per heavy atom. The van der Waals surface area contributed by atoms with Gasteiger partial charge in [0.15, 0.2) is 0 Å². The predicted octanol–water partition coefficient (Wildman–Crippen LogP) is 3.87. The van der Waals surface area contributed by atoms with E-state index >= 15 is 0 Å². The Bertz CT molecular complexity index is 617. The molecule has 104 valence electrons. The fraction of sp³-hybridized carbons (Fsp3) is 0.294. The van der Waals surface area contributed by atoms with Gasteiger partial charge in [0.1, 0.15) is 5.82 Å². The maximum atomic E-state index is 13.6. The molecule has 3 rings (SSSR count). The summed E-state index contributed by atoms with van der Waals surface area (Å²) in [4.78, 5) is 0. The molecule has 0 saturated carbocycles. The zero-order valence-corrected chi connectivity index (χ0v) is 12.2. The number of hydrogen-bond acceptors (Lipinski definition) is 1. The molecule has 1 aliphatic rings. The van der Waals surface area contributed by atoms with E-state index in [2.05, 4.69) is 36.5 Å². The summed E-state index contributed by atoms with van der Waals surface area (Å²) in [7, 11) is 0. The summed E-state index contributed by atoms with van der Waals surface area (Å²) < 4.78 is 13.6. The van der Waals surface area contributed by atoms with Crippen molar-refractivity contribution in [3.05, 3.63) is 70.0 Å². The average molecular weight is 290 g/mol. The molecule has 1 nitrogen and oxygen atoms in total. The van der Waals surface area contributed by atoms with Crippen LogP contribution in [0.1, 0.15) is 16.7 Å². The number of hydrogen-bond donors (Lipinski definition) is 1. The summed E-state index contributed by atoms with van der Waals surface area (Å²) in [6, 6.07) is 13.6. The van der Waals surface area contributed by atoms with Crippen molar-refractivity contribution >= 4 is 11.6 Å². The Kier molecular flexibility index (Phi) is 3.53. The molecule has 2 aromatic carbocycles. The lowest BCUT2D eigenvalue weighted by atomic mass is 9.71. The highest BCUT2D eigenvalue weighted by Crippen LogP contribution is 2.35. The van der Waals surface area contributed by atoms with Crippen molar-refractivity contribution in [2.24, 2.45) is 0 Å².